The lowest BCUT2D eigenvalue weighted by molar-refractivity contribution is 0.0547. The van der Waals surface area contributed by atoms with Crippen molar-refractivity contribution in [2.24, 2.45) is 5.92 Å². The molecule has 0 aliphatic carbocycles. The molecule has 2 aromatic heterocycles. The fourth-order valence-electron chi connectivity index (χ4n) is 4.34. The number of hydrogen-bond acceptors (Lipinski definition) is 8. The van der Waals surface area contributed by atoms with Crippen molar-refractivity contribution in [3.63, 3.8) is 0 Å². The maximum atomic E-state index is 13.1. The topological polar surface area (TPSA) is 94.4 Å². The monoisotopic (exact) mass is 544 g/mol. The minimum atomic E-state index is -0.621. The number of methoxy groups -OCH3 is 1. The third-order valence-corrected chi connectivity index (χ3v) is 6.81. The van der Waals surface area contributed by atoms with Gasteiger partial charge in [-0.25, -0.2) is 24.3 Å². The van der Waals surface area contributed by atoms with Crippen LogP contribution < -0.4 is 15.0 Å². The number of imidazole rings is 1. The molecule has 0 amide bonds. The van der Waals surface area contributed by atoms with Crippen LogP contribution in [0.4, 0.5) is 16.6 Å². The second kappa shape index (κ2) is 10.4. The zero-order valence-electron chi connectivity index (χ0n) is 21.0. The Balaban J connectivity index is 1.48. The number of piperidine rings is 1. The Kier molecular flexibility index (Phi) is 7.49. The van der Waals surface area contributed by atoms with Crippen molar-refractivity contribution in [1.29, 1.82) is 0 Å². The van der Waals surface area contributed by atoms with Gasteiger partial charge < -0.3 is 19.7 Å². The van der Waals surface area contributed by atoms with E-state index in [1.54, 1.807) is 19.5 Å². The van der Waals surface area contributed by atoms with Gasteiger partial charge in [0, 0.05) is 31.3 Å². The smallest absolute Gasteiger partial charge is 0.421 e. The van der Waals surface area contributed by atoms with Gasteiger partial charge in [-0.2, -0.15) is 0 Å². The molecule has 35 heavy (non-hydrogen) atoms. The van der Waals surface area contributed by atoms with Crippen molar-refractivity contribution in [3.8, 4) is 5.75 Å². The first kappa shape index (κ1) is 25.2. The maximum Gasteiger partial charge on any atom is 0.421 e. The average molecular weight is 545 g/mol. The number of rotatable bonds is 6. The summed E-state index contributed by atoms with van der Waals surface area (Å²) in [6, 6.07) is 5.50. The van der Waals surface area contributed by atoms with Crippen LogP contribution in [0, 0.1) is 5.92 Å². The van der Waals surface area contributed by atoms with Crippen LogP contribution in [-0.4, -0.2) is 58.0 Å². The Morgan fingerprint density at radius 3 is 2.63 bits per heavy atom. The van der Waals surface area contributed by atoms with Crippen LogP contribution in [0.15, 0.2) is 29.1 Å². The molecule has 4 rings (SSSR count). The number of ether oxygens (including phenoxy) is 2. The number of benzene rings is 1. The van der Waals surface area contributed by atoms with Gasteiger partial charge in [0.15, 0.2) is 0 Å². The van der Waals surface area contributed by atoms with Crippen molar-refractivity contribution in [3.05, 3.63) is 34.7 Å². The predicted octanol–water partition coefficient (Wildman–Crippen LogP) is 5.27. The van der Waals surface area contributed by atoms with Crippen LogP contribution in [0.25, 0.3) is 11.0 Å². The number of carbonyl (C=O) groups is 1. The zero-order chi connectivity index (χ0) is 25.2. The van der Waals surface area contributed by atoms with Crippen molar-refractivity contribution in [1.82, 2.24) is 19.5 Å². The molecule has 0 bridgehead atoms. The van der Waals surface area contributed by atoms with Gasteiger partial charge in [0.1, 0.15) is 28.1 Å². The molecule has 1 fully saturated rings. The molecule has 1 aliphatic heterocycles. The Morgan fingerprint density at radius 1 is 1.23 bits per heavy atom. The van der Waals surface area contributed by atoms with Gasteiger partial charge in [-0.3, -0.25) is 0 Å². The van der Waals surface area contributed by atoms with E-state index in [9.17, 15) is 4.79 Å². The van der Waals surface area contributed by atoms with Gasteiger partial charge in [0.05, 0.1) is 18.1 Å². The minimum Gasteiger partial charge on any atom is -0.497 e. The van der Waals surface area contributed by atoms with E-state index in [4.69, 9.17) is 9.47 Å². The first-order valence-corrected chi connectivity index (χ1v) is 12.8. The van der Waals surface area contributed by atoms with E-state index in [0.29, 0.717) is 35.2 Å². The van der Waals surface area contributed by atoms with E-state index in [2.05, 4.69) is 48.0 Å². The third-order valence-electron chi connectivity index (χ3n) is 6.12. The quantitative estimate of drug-likeness (QED) is 0.419. The molecule has 0 atom stereocenters. The maximum absolute atomic E-state index is 13.1. The summed E-state index contributed by atoms with van der Waals surface area (Å²) in [4.78, 5) is 28.9. The summed E-state index contributed by atoms with van der Waals surface area (Å²) in [6.45, 7) is 10.2. The molecule has 1 aromatic carbocycles. The van der Waals surface area contributed by atoms with Crippen LogP contribution >= 0.6 is 15.9 Å². The molecule has 0 saturated carbocycles. The van der Waals surface area contributed by atoms with Gasteiger partial charge in [0.25, 0.3) is 0 Å². The number of anilines is 2. The number of carbonyl (C=O) groups excluding carboxylic acids is 1. The molecule has 10 heteroatoms. The van der Waals surface area contributed by atoms with Crippen LogP contribution in [0.1, 0.15) is 46.1 Å². The molecule has 188 valence electrons. The van der Waals surface area contributed by atoms with Gasteiger partial charge in [-0.15, -0.1) is 0 Å². The van der Waals surface area contributed by atoms with Crippen LogP contribution in [-0.2, 0) is 11.2 Å². The molecular formula is C25H33BrN6O3. The zero-order valence-corrected chi connectivity index (χ0v) is 22.6. The third kappa shape index (κ3) is 5.69. The lowest BCUT2D eigenvalue weighted by atomic mass is 9.96. The molecule has 1 N–H and O–H groups in total. The van der Waals surface area contributed by atoms with Crippen LogP contribution in [0.5, 0.6) is 5.75 Å². The number of nitrogens with zero attached hydrogens (tertiary/aromatic N) is 5. The summed E-state index contributed by atoms with van der Waals surface area (Å²) < 4.78 is 13.4. The second-order valence-electron chi connectivity index (χ2n) is 9.74. The SMILES string of the molecule is CCc1c(Br)ncnc1N1CCC(CNc2nc3ccc(OC)cc3n2C(=O)OC(C)(C)C)CC1. The van der Waals surface area contributed by atoms with Crippen molar-refractivity contribution in [2.75, 3.05) is 37.0 Å². The van der Waals surface area contributed by atoms with Crippen molar-refractivity contribution >= 4 is 44.8 Å². The Hall–Kier alpha value is -2.88. The standard InChI is InChI=1S/C25H33BrN6O3/c1-6-18-21(26)28-15-29-22(18)31-11-9-16(10-12-31)14-27-23-30-19-8-7-17(34-5)13-20(19)32(23)24(33)35-25(2,3)4/h7-8,13,15-16H,6,9-12,14H2,1-5H3,(H,27,30). The van der Waals surface area contributed by atoms with Crippen molar-refractivity contribution < 1.29 is 14.3 Å². The van der Waals surface area contributed by atoms with Crippen LogP contribution in [0.3, 0.4) is 0 Å². The summed E-state index contributed by atoms with van der Waals surface area (Å²) >= 11 is 3.55. The highest BCUT2D eigenvalue weighted by atomic mass is 79.9. The molecule has 0 radical (unpaired) electrons. The lowest BCUT2D eigenvalue weighted by Crippen LogP contribution is -2.37. The number of fused-ring (bicyclic) bond motifs is 1. The van der Waals surface area contributed by atoms with E-state index in [0.717, 1.165) is 48.3 Å². The molecule has 1 aliphatic rings. The molecule has 0 unspecified atom stereocenters. The minimum absolute atomic E-state index is 0.447. The van der Waals surface area contributed by atoms with Gasteiger partial charge in [0.2, 0.25) is 5.95 Å². The van der Waals surface area contributed by atoms with Crippen LogP contribution in [0.2, 0.25) is 0 Å². The lowest BCUT2D eigenvalue weighted by Gasteiger charge is -2.34. The predicted molar refractivity (Wildman–Crippen MR) is 140 cm³/mol. The number of halogens is 1. The van der Waals surface area contributed by atoms with E-state index in [1.165, 1.54) is 4.57 Å². The van der Waals surface area contributed by atoms with Gasteiger partial charge in [-0.1, -0.05) is 6.92 Å². The van der Waals surface area contributed by atoms with Gasteiger partial charge >= 0.3 is 6.09 Å². The van der Waals surface area contributed by atoms with Gasteiger partial charge in [-0.05, 0) is 74.0 Å². The second-order valence-corrected chi connectivity index (χ2v) is 10.5. The fourth-order valence-corrected chi connectivity index (χ4v) is 4.89. The number of nitrogens with one attached hydrogen (secondary N) is 1. The molecule has 9 nitrogen and oxygen atoms in total. The molecule has 1 saturated heterocycles. The fraction of sp³-hybridized carbons (Fsp3) is 0.520. The van der Waals surface area contributed by atoms with Crippen molar-refractivity contribution in [2.45, 2.75) is 52.6 Å². The first-order chi connectivity index (χ1) is 16.7. The highest BCUT2D eigenvalue weighted by molar-refractivity contribution is 9.10. The highest BCUT2D eigenvalue weighted by Crippen LogP contribution is 2.29. The summed E-state index contributed by atoms with van der Waals surface area (Å²) in [5.41, 5.74) is 1.88. The highest BCUT2D eigenvalue weighted by Gasteiger charge is 2.26. The summed E-state index contributed by atoms with van der Waals surface area (Å²) in [7, 11) is 1.60. The van der Waals surface area contributed by atoms with E-state index >= 15 is 0 Å². The average Bonchev–Trinajstić information content (AvgIpc) is 3.19. The van der Waals surface area contributed by atoms with E-state index in [1.807, 2.05) is 32.9 Å². The summed E-state index contributed by atoms with van der Waals surface area (Å²) in [5, 5.41) is 3.42. The first-order valence-electron chi connectivity index (χ1n) is 12.0. The largest absolute Gasteiger partial charge is 0.497 e. The molecule has 3 aromatic rings. The Bertz CT molecular complexity index is 1200. The molecule has 3 heterocycles. The number of aromatic nitrogens is 4. The Morgan fingerprint density at radius 2 is 1.97 bits per heavy atom. The van der Waals surface area contributed by atoms with E-state index in [-0.39, 0.29) is 0 Å². The number of hydrogen-bond donors (Lipinski definition) is 1. The van der Waals surface area contributed by atoms with E-state index < -0.39 is 11.7 Å². The Labute approximate surface area is 214 Å². The normalized spacial score (nSPS) is 14.9. The molecular weight excluding hydrogens is 512 g/mol. The molecule has 0 spiro atoms. The summed E-state index contributed by atoms with van der Waals surface area (Å²) in [5.74, 6) is 2.60. The summed E-state index contributed by atoms with van der Waals surface area (Å²) in [6.07, 6.45) is 4.05.